The van der Waals surface area contributed by atoms with Crippen molar-refractivity contribution in [2.75, 3.05) is 0 Å². The normalized spacial score (nSPS) is 11.5. The van der Waals surface area contributed by atoms with Crippen molar-refractivity contribution in [2.45, 2.75) is 12.5 Å². The molecule has 3 rings (SSSR count). The molecule has 0 aliphatic carbocycles. The first-order chi connectivity index (χ1) is 9.71. The molecule has 1 heterocycles. The second kappa shape index (κ2) is 4.94. The maximum atomic E-state index is 9.03. The van der Waals surface area contributed by atoms with Crippen molar-refractivity contribution < 1.29 is 9.63 Å². The fraction of sp³-hybridized carbons (Fsp3) is 0.118. The minimum atomic E-state index is -1.06. The van der Waals surface area contributed by atoms with E-state index in [0.29, 0.717) is 11.5 Å². The van der Waals surface area contributed by atoms with Crippen LogP contribution in [0, 0.1) is 6.92 Å². The van der Waals surface area contributed by atoms with Gasteiger partial charge in [0.25, 0.3) is 5.60 Å². The van der Waals surface area contributed by atoms with Crippen LogP contribution in [-0.4, -0.2) is 10.3 Å². The lowest BCUT2D eigenvalue weighted by molar-refractivity contribution is 0.116. The fourth-order valence-electron chi connectivity index (χ4n) is 2.38. The fourth-order valence-corrected chi connectivity index (χ4v) is 2.38. The van der Waals surface area contributed by atoms with E-state index in [1.807, 2.05) is 73.7 Å². The van der Waals surface area contributed by atoms with Gasteiger partial charge in [-0.3, -0.25) is 0 Å². The Balaban J connectivity index is 2.23. The van der Waals surface area contributed by atoms with Crippen molar-refractivity contribution >= 4 is 0 Å². The predicted octanol–water partition coefficient (Wildman–Crippen LogP) is 3.00. The largest absolute Gasteiger partial charge is 0.429 e. The lowest BCUT2D eigenvalue weighted by Crippen LogP contribution is -2.29. The van der Waals surface area contributed by atoms with Crippen LogP contribution < -0.4 is 0 Å². The molecule has 0 amide bonds. The Morgan fingerprint density at radius 2 is 1.40 bits per heavy atom. The van der Waals surface area contributed by atoms with Gasteiger partial charge in [-0.2, -0.15) is 0 Å². The number of hydrogen-bond acceptors (Lipinski definition) is 2. The molecule has 3 heteroatoms. The third kappa shape index (κ3) is 2.02. The van der Waals surface area contributed by atoms with E-state index in [2.05, 4.69) is 5.16 Å². The molecule has 2 aromatic carbocycles. The van der Waals surface area contributed by atoms with Crippen LogP contribution in [0.25, 0.3) is 0 Å². The Morgan fingerprint density at radius 3 is 1.80 bits per heavy atom. The van der Waals surface area contributed by atoms with Crippen molar-refractivity contribution in [1.29, 1.82) is 0 Å². The van der Waals surface area contributed by atoms with E-state index in [9.17, 15) is 0 Å². The van der Waals surface area contributed by atoms with Crippen LogP contribution in [0.5, 0.6) is 0 Å². The number of aryl methyl sites for hydroxylation is 1. The summed E-state index contributed by atoms with van der Waals surface area (Å²) in [5, 5.41) is 13.1. The van der Waals surface area contributed by atoms with Crippen LogP contribution in [0.1, 0.15) is 22.6 Å². The first-order valence-electron chi connectivity index (χ1n) is 6.51. The topological polar surface area (TPSA) is 48.9 Å². The molecular formula is C17H16NO2+. The molecule has 0 saturated heterocycles. The Bertz CT molecular complexity index is 650. The third-order valence-electron chi connectivity index (χ3n) is 3.43. The van der Waals surface area contributed by atoms with Gasteiger partial charge >= 0.3 is 0 Å². The Kier molecular flexibility index (Phi) is 3.12. The summed E-state index contributed by atoms with van der Waals surface area (Å²) in [7, 11) is 0. The van der Waals surface area contributed by atoms with Gasteiger partial charge in [-0.25, -0.2) is 0 Å². The van der Waals surface area contributed by atoms with Crippen molar-refractivity contribution in [3.8, 4) is 0 Å². The summed E-state index contributed by atoms with van der Waals surface area (Å²) in [5.41, 5.74) is 1.30. The summed E-state index contributed by atoms with van der Waals surface area (Å²) in [6.45, 7) is 1.84. The molecule has 2 N–H and O–H groups in total. The Morgan fingerprint density at radius 1 is 0.900 bits per heavy atom. The highest BCUT2D eigenvalue weighted by molar-refractivity contribution is 5.44. The molecular weight excluding hydrogens is 250 g/mol. The molecule has 0 aliphatic heterocycles. The van der Waals surface area contributed by atoms with Crippen molar-refractivity contribution in [3.05, 3.63) is 89.3 Å². The molecule has 3 nitrogen and oxygen atoms in total. The molecule has 0 radical (unpaired) electrons. The quantitative estimate of drug-likeness (QED) is 0.684. The first-order valence-corrected chi connectivity index (χ1v) is 6.51. The van der Waals surface area contributed by atoms with Crippen LogP contribution in [0.4, 0.5) is 0 Å². The molecule has 100 valence electrons. The van der Waals surface area contributed by atoms with Gasteiger partial charge in [0.15, 0.2) is 5.69 Å². The summed E-state index contributed by atoms with van der Waals surface area (Å²) < 4.78 is 5.18. The lowest BCUT2D eigenvalue weighted by Gasteiger charge is -2.22. The summed E-state index contributed by atoms with van der Waals surface area (Å²) >= 11 is 0. The van der Waals surface area contributed by atoms with Gasteiger partial charge in [-0.05, 0) is 31.2 Å². The minimum Gasteiger partial charge on any atom is -0.429 e. The number of hydrogen-bond donors (Lipinski definition) is 0. The van der Waals surface area contributed by atoms with E-state index in [-0.39, 0.29) is 0 Å². The zero-order valence-corrected chi connectivity index (χ0v) is 11.2. The highest BCUT2D eigenvalue weighted by atomic mass is 16.5. The van der Waals surface area contributed by atoms with Gasteiger partial charge in [0, 0.05) is 17.2 Å². The van der Waals surface area contributed by atoms with E-state index in [4.69, 9.17) is 9.63 Å². The molecule has 0 spiro atoms. The third-order valence-corrected chi connectivity index (χ3v) is 3.43. The van der Waals surface area contributed by atoms with E-state index >= 15 is 0 Å². The van der Waals surface area contributed by atoms with Crippen molar-refractivity contribution in [1.82, 2.24) is 5.16 Å². The Hall–Kier alpha value is -2.39. The minimum absolute atomic E-state index is 0.604. The maximum Gasteiger partial charge on any atom is 0.262 e. The average molecular weight is 266 g/mol. The second-order valence-corrected chi connectivity index (χ2v) is 4.80. The second-order valence-electron chi connectivity index (χ2n) is 4.80. The highest BCUT2D eigenvalue weighted by Crippen LogP contribution is 2.35. The van der Waals surface area contributed by atoms with Gasteiger partial charge < -0.3 is 9.63 Å². The highest BCUT2D eigenvalue weighted by Gasteiger charge is 2.42. The molecule has 0 aliphatic rings. The van der Waals surface area contributed by atoms with E-state index in [0.717, 1.165) is 11.1 Å². The SMILES string of the molecule is Cc1cc(C([OH2+])(c2ccccc2)c2ccccc2)no1. The molecule has 1 aromatic heterocycles. The zero-order valence-electron chi connectivity index (χ0n) is 11.2. The first kappa shape index (κ1) is 12.6. The number of rotatable bonds is 3. The van der Waals surface area contributed by atoms with Crippen LogP contribution in [0.3, 0.4) is 0 Å². The van der Waals surface area contributed by atoms with Gasteiger partial charge in [0.1, 0.15) is 5.76 Å². The summed E-state index contributed by atoms with van der Waals surface area (Å²) in [5.74, 6) is 0.712. The summed E-state index contributed by atoms with van der Waals surface area (Å²) in [6, 6.07) is 21.3. The number of benzene rings is 2. The number of nitrogens with zero attached hydrogens (tertiary/aromatic N) is 1. The molecule has 0 atom stereocenters. The summed E-state index contributed by atoms with van der Waals surface area (Å²) in [6.07, 6.45) is 0. The smallest absolute Gasteiger partial charge is 0.262 e. The Labute approximate surface area is 117 Å². The van der Waals surface area contributed by atoms with Crippen molar-refractivity contribution in [3.63, 3.8) is 0 Å². The van der Waals surface area contributed by atoms with E-state index < -0.39 is 5.60 Å². The molecule has 0 unspecified atom stereocenters. The summed E-state index contributed by atoms with van der Waals surface area (Å²) in [4.78, 5) is 0. The monoisotopic (exact) mass is 266 g/mol. The van der Waals surface area contributed by atoms with Gasteiger partial charge in [0.05, 0.1) is 0 Å². The van der Waals surface area contributed by atoms with Crippen LogP contribution in [-0.2, 0) is 5.60 Å². The molecule has 0 fully saturated rings. The predicted molar refractivity (Wildman–Crippen MR) is 77.6 cm³/mol. The molecule has 0 saturated carbocycles. The molecule has 0 bridgehead atoms. The van der Waals surface area contributed by atoms with Crippen LogP contribution >= 0.6 is 0 Å². The zero-order chi connectivity index (χ0) is 14.0. The van der Waals surface area contributed by atoms with Crippen LogP contribution in [0.15, 0.2) is 71.3 Å². The lowest BCUT2D eigenvalue weighted by atomic mass is 9.83. The average Bonchev–Trinajstić information content (AvgIpc) is 2.95. The molecule has 3 aromatic rings. The van der Waals surface area contributed by atoms with Crippen LogP contribution in [0.2, 0.25) is 0 Å². The number of aromatic nitrogens is 1. The van der Waals surface area contributed by atoms with E-state index in [1.54, 1.807) is 0 Å². The molecule has 20 heavy (non-hydrogen) atoms. The van der Waals surface area contributed by atoms with E-state index in [1.165, 1.54) is 0 Å². The van der Waals surface area contributed by atoms with Gasteiger partial charge in [0.2, 0.25) is 0 Å². The van der Waals surface area contributed by atoms with Crippen molar-refractivity contribution in [2.24, 2.45) is 0 Å². The standard InChI is InChI=1S/C17H15NO2/c1-13-12-16(18-20-13)17(19,14-8-4-2-5-9-14)15-10-6-3-7-11-15/h2-12,19H,1H3/p+1. The van der Waals surface area contributed by atoms with Gasteiger partial charge in [-0.1, -0.05) is 41.6 Å². The van der Waals surface area contributed by atoms with Gasteiger partial charge in [-0.15, -0.1) is 0 Å². The maximum absolute atomic E-state index is 9.03.